The maximum Gasteiger partial charge on any atom is 0.311 e. The Morgan fingerprint density at radius 1 is 1.47 bits per heavy atom. The van der Waals surface area contributed by atoms with Gasteiger partial charge in [0.05, 0.1) is 19.1 Å². The summed E-state index contributed by atoms with van der Waals surface area (Å²) in [5, 5.41) is 0.590. The van der Waals surface area contributed by atoms with Crippen LogP contribution < -0.4 is 0 Å². The summed E-state index contributed by atoms with van der Waals surface area (Å²) in [6, 6.07) is 6.94. The molecule has 0 aromatic heterocycles. The van der Waals surface area contributed by atoms with Gasteiger partial charge in [0.2, 0.25) is 5.91 Å². The highest BCUT2D eigenvalue weighted by Gasteiger charge is 2.39. The Hall–Kier alpha value is -1.55. The third-order valence-electron chi connectivity index (χ3n) is 3.56. The van der Waals surface area contributed by atoms with E-state index in [2.05, 4.69) is 0 Å². The summed E-state index contributed by atoms with van der Waals surface area (Å²) in [5.74, 6) is -0.597. The average molecular weight is 282 g/mol. The van der Waals surface area contributed by atoms with Crippen molar-refractivity contribution in [2.24, 2.45) is 5.92 Å². The minimum absolute atomic E-state index is 0.0325. The number of halogens is 1. The molecule has 0 radical (unpaired) electrons. The second-order valence-electron chi connectivity index (χ2n) is 4.67. The third-order valence-corrected chi connectivity index (χ3v) is 3.79. The minimum atomic E-state index is -0.342. The fourth-order valence-electron chi connectivity index (χ4n) is 2.58. The van der Waals surface area contributed by atoms with Crippen LogP contribution in [-0.2, 0) is 14.3 Å². The fourth-order valence-corrected chi connectivity index (χ4v) is 2.78. The number of piperidine rings is 1. The van der Waals surface area contributed by atoms with Crippen LogP contribution in [0.5, 0.6) is 0 Å². The largest absolute Gasteiger partial charge is 0.469 e. The minimum Gasteiger partial charge on any atom is -0.469 e. The molecule has 1 fully saturated rings. The predicted molar refractivity (Wildman–Crippen MR) is 71.7 cm³/mol. The first-order valence-electron chi connectivity index (χ1n) is 6.13. The maximum atomic E-state index is 11.9. The molecular formula is C14H16ClNO3. The molecule has 2 rings (SSSR count). The molecule has 1 aliphatic heterocycles. The molecule has 4 nitrogen and oxygen atoms in total. The normalized spacial score (nSPS) is 23.3. The van der Waals surface area contributed by atoms with Crippen LogP contribution in [0.2, 0.25) is 5.02 Å². The van der Waals surface area contributed by atoms with Crippen molar-refractivity contribution in [1.29, 1.82) is 0 Å². The van der Waals surface area contributed by atoms with Crippen molar-refractivity contribution < 1.29 is 14.3 Å². The smallest absolute Gasteiger partial charge is 0.311 e. The number of nitrogens with zero attached hydrogens (tertiary/aromatic N) is 1. The number of amides is 1. The number of ether oxygens (including phenoxy) is 1. The van der Waals surface area contributed by atoms with Gasteiger partial charge >= 0.3 is 5.97 Å². The van der Waals surface area contributed by atoms with Crippen molar-refractivity contribution in [3.05, 3.63) is 34.9 Å². The van der Waals surface area contributed by atoms with Gasteiger partial charge in [0.1, 0.15) is 0 Å². The topological polar surface area (TPSA) is 46.6 Å². The molecule has 2 unspecified atom stereocenters. The summed E-state index contributed by atoms with van der Waals surface area (Å²) in [6.45, 7) is 0. The summed E-state index contributed by atoms with van der Waals surface area (Å²) in [6.07, 6.45) is 0.875. The molecule has 19 heavy (non-hydrogen) atoms. The molecule has 0 bridgehead atoms. The van der Waals surface area contributed by atoms with Crippen molar-refractivity contribution in [3.8, 4) is 0 Å². The quantitative estimate of drug-likeness (QED) is 0.782. The van der Waals surface area contributed by atoms with Gasteiger partial charge < -0.3 is 9.64 Å². The van der Waals surface area contributed by atoms with Crippen LogP contribution in [0, 0.1) is 5.92 Å². The zero-order chi connectivity index (χ0) is 14.0. The molecule has 0 N–H and O–H groups in total. The lowest BCUT2D eigenvalue weighted by Gasteiger charge is -2.37. The molecule has 0 aliphatic carbocycles. The SMILES string of the molecule is COC(=O)C1CCC(=O)N(C)C1c1cccc(Cl)c1. The number of carbonyl (C=O) groups excluding carboxylic acids is 2. The lowest BCUT2D eigenvalue weighted by atomic mass is 9.84. The summed E-state index contributed by atoms with van der Waals surface area (Å²) in [5.41, 5.74) is 0.860. The van der Waals surface area contributed by atoms with E-state index >= 15 is 0 Å². The van der Waals surface area contributed by atoms with E-state index in [1.807, 2.05) is 12.1 Å². The number of esters is 1. The van der Waals surface area contributed by atoms with Crippen LogP contribution in [0.25, 0.3) is 0 Å². The number of carbonyl (C=O) groups is 2. The Kier molecular flexibility index (Phi) is 4.10. The van der Waals surface area contributed by atoms with Gasteiger partial charge in [-0.2, -0.15) is 0 Å². The van der Waals surface area contributed by atoms with Crippen LogP contribution >= 0.6 is 11.6 Å². The van der Waals surface area contributed by atoms with Crippen LogP contribution in [0.1, 0.15) is 24.4 Å². The Morgan fingerprint density at radius 3 is 2.84 bits per heavy atom. The molecule has 1 aliphatic rings. The Labute approximate surface area is 117 Å². The van der Waals surface area contributed by atoms with Gasteiger partial charge in [-0.3, -0.25) is 9.59 Å². The van der Waals surface area contributed by atoms with Crippen molar-refractivity contribution in [2.45, 2.75) is 18.9 Å². The predicted octanol–water partition coefficient (Wildman–Crippen LogP) is 2.42. The zero-order valence-electron chi connectivity index (χ0n) is 10.9. The van der Waals surface area contributed by atoms with Gasteiger partial charge in [-0.05, 0) is 24.1 Å². The lowest BCUT2D eigenvalue weighted by Crippen LogP contribution is -2.43. The van der Waals surface area contributed by atoms with Crippen LogP contribution in [0.15, 0.2) is 24.3 Å². The Bertz CT molecular complexity index is 503. The number of hydrogen-bond acceptors (Lipinski definition) is 3. The average Bonchev–Trinajstić information content (AvgIpc) is 2.40. The summed E-state index contributed by atoms with van der Waals surface area (Å²) < 4.78 is 4.85. The van der Waals surface area contributed by atoms with E-state index in [1.165, 1.54) is 7.11 Å². The van der Waals surface area contributed by atoms with E-state index in [9.17, 15) is 9.59 Å². The Morgan fingerprint density at radius 2 is 2.21 bits per heavy atom. The van der Waals surface area contributed by atoms with E-state index in [0.29, 0.717) is 17.9 Å². The van der Waals surface area contributed by atoms with E-state index < -0.39 is 0 Å². The Balaban J connectivity index is 2.39. The van der Waals surface area contributed by atoms with Gasteiger partial charge in [0, 0.05) is 18.5 Å². The second kappa shape index (κ2) is 5.61. The highest BCUT2D eigenvalue weighted by atomic mass is 35.5. The molecule has 0 spiro atoms. The monoisotopic (exact) mass is 281 g/mol. The molecule has 2 atom stereocenters. The molecule has 5 heteroatoms. The van der Waals surface area contributed by atoms with E-state index in [4.69, 9.17) is 16.3 Å². The number of likely N-dealkylation sites (tertiary alicyclic amines) is 1. The highest BCUT2D eigenvalue weighted by Crippen LogP contribution is 2.37. The van der Waals surface area contributed by atoms with E-state index in [0.717, 1.165) is 5.56 Å². The number of hydrogen-bond donors (Lipinski definition) is 0. The molecule has 1 heterocycles. The number of rotatable bonds is 2. The van der Waals surface area contributed by atoms with Gasteiger partial charge in [-0.15, -0.1) is 0 Å². The van der Waals surface area contributed by atoms with Gasteiger partial charge in [-0.25, -0.2) is 0 Å². The molecule has 1 saturated heterocycles. The van der Waals surface area contributed by atoms with E-state index in [1.54, 1.807) is 24.1 Å². The molecule has 1 amide bonds. The number of benzene rings is 1. The molecule has 102 valence electrons. The molecule has 1 aromatic carbocycles. The summed E-state index contributed by atoms with van der Waals surface area (Å²) in [7, 11) is 3.08. The first-order chi connectivity index (χ1) is 9.04. The van der Waals surface area contributed by atoms with Crippen molar-refractivity contribution in [2.75, 3.05) is 14.2 Å². The van der Waals surface area contributed by atoms with Crippen molar-refractivity contribution in [1.82, 2.24) is 4.90 Å². The van der Waals surface area contributed by atoms with Crippen LogP contribution in [-0.4, -0.2) is 30.9 Å². The standard InChI is InChI=1S/C14H16ClNO3/c1-16-12(17)7-6-11(14(18)19-2)13(16)9-4-3-5-10(15)8-9/h3-5,8,11,13H,6-7H2,1-2H3. The number of methoxy groups -OCH3 is 1. The molecular weight excluding hydrogens is 266 g/mol. The third kappa shape index (κ3) is 2.73. The zero-order valence-corrected chi connectivity index (χ0v) is 11.7. The molecule has 0 saturated carbocycles. The fraction of sp³-hybridized carbons (Fsp3) is 0.429. The summed E-state index contributed by atoms with van der Waals surface area (Å²) >= 11 is 5.99. The van der Waals surface area contributed by atoms with Crippen molar-refractivity contribution >= 4 is 23.5 Å². The van der Waals surface area contributed by atoms with Crippen molar-refractivity contribution in [3.63, 3.8) is 0 Å². The highest BCUT2D eigenvalue weighted by molar-refractivity contribution is 6.30. The van der Waals surface area contributed by atoms with Crippen LogP contribution in [0.4, 0.5) is 0 Å². The molecule has 1 aromatic rings. The second-order valence-corrected chi connectivity index (χ2v) is 5.11. The summed E-state index contributed by atoms with van der Waals surface area (Å²) in [4.78, 5) is 25.4. The first-order valence-corrected chi connectivity index (χ1v) is 6.51. The lowest BCUT2D eigenvalue weighted by molar-refractivity contribution is -0.153. The van der Waals surface area contributed by atoms with Gasteiger partial charge in [0.25, 0.3) is 0 Å². The maximum absolute atomic E-state index is 11.9. The van der Waals surface area contributed by atoms with E-state index in [-0.39, 0.29) is 23.8 Å². The van der Waals surface area contributed by atoms with Gasteiger partial charge in [0.15, 0.2) is 0 Å². The first kappa shape index (κ1) is 13.9. The van der Waals surface area contributed by atoms with Crippen LogP contribution in [0.3, 0.4) is 0 Å². The van der Waals surface area contributed by atoms with Gasteiger partial charge in [-0.1, -0.05) is 23.7 Å².